The van der Waals surface area contributed by atoms with Crippen molar-refractivity contribution in [2.45, 2.75) is 0 Å². The third-order valence-electron chi connectivity index (χ3n) is 12.8. The predicted molar refractivity (Wildman–Crippen MR) is 258 cm³/mol. The van der Waals surface area contributed by atoms with Crippen molar-refractivity contribution in [3.05, 3.63) is 217 Å². The highest BCUT2D eigenvalue weighted by Crippen LogP contribution is 2.49. The summed E-state index contributed by atoms with van der Waals surface area (Å²) < 4.78 is 9.58. The minimum atomic E-state index is 0.875. The molecule has 0 fully saturated rings. The number of nitrogens with zero attached hydrogens (tertiary/aromatic N) is 1. The van der Waals surface area contributed by atoms with Gasteiger partial charge in [-0.2, -0.15) is 0 Å². The second-order valence-electron chi connectivity index (χ2n) is 16.0. The van der Waals surface area contributed by atoms with Crippen LogP contribution in [0, 0.1) is 0 Å². The Bertz CT molecular complexity index is 3910. The second kappa shape index (κ2) is 13.2. The molecule has 0 N–H and O–H groups in total. The lowest BCUT2D eigenvalue weighted by Crippen LogP contribution is -2.27. The van der Waals surface area contributed by atoms with Crippen LogP contribution in [0.5, 0.6) is 0 Å². The highest BCUT2D eigenvalue weighted by atomic mass is 16.3. The van der Waals surface area contributed by atoms with Crippen LogP contribution >= 0.6 is 0 Å². The quantitative estimate of drug-likeness (QED) is 0.163. The van der Waals surface area contributed by atoms with Crippen LogP contribution in [-0.2, 0) is 0 Å². The Morgan fingerprint density at radius 2 is 0.902 bits per heavy atom. The zero-order valence-electron chi connectivity index (χ0n) is 33.1. The molecule has 0 unspecified atom stereocenters. The van der Waals surface area contributed by atoms with E-state index in [0.29, 0.717) is 0 Å². The third-order valence-corrected chi connectivity index (χ3v) is 12.8. The first-order valence-electron chi connectivity index (χ1n) is 20.9. The fraction of sp³-hybridized carbons (Fsp3) is 0. The average molecular weight is 774 g/mol. The molecule has 0 saturated carbocycles. The van der Waals surface area contributed by atoms with Gasteiger partial charge >= 0.3 is 0 Å². The number of hydrogen-bond acceptors (Lipinski definition) is 1. The van der Waals surface area contributed by atoms with Gasteiger partial charge in [-0.05, 0) is 78.9 Å². The minimum absolute atomic E-state index is 0.875. The number of allylic oxidation sites excluding steroid dienone is 3. The molecular weight excluding hydrogens is 739 g/mol. The van der Waals surface area contributed by atoms with Crippen LogP contribution < -0.4 is 10.6 Å². The van der Waals surface area contributed by atoms with Gasteiger partial charge in [0.1, 0.15) is 11.2 Å². The average Bonchev–Trinajstić information content (AvgIpc) is 3.75. The minimum Gasteiger partial charge on any atom is -0.455 e. The fourth-order valence-corrected chi connectivity index (χ4v) is 10.4. The molecule has 10 aromatic carbocycles. The van der Waals surface area contributed by atoms with Crippen LogP contribution in [0.4, 0.5) is 0 Å². The molecule has 0 bridgehead atoms. The molecule has 1 aliphatic carbocycles. The Morgan fingerprint density at radius 3 is 1.57 bits per heavy atom. The standard InChI is InChI=1S/C59H35NO/c1-3-19-37(20-4-1)54-40-23-7-9-25-42(40)55(43-26-10-8-24-41(43)54)48-31-18-36-53-57(48)50-33-17-32-49(59(50)61-53)56-44-27-11-13-29-46(44)58(47-30-14-12-28-45(47)56)60-51-34-6-2-5-21-38(51)39-22-15-16-35-52(39)60/h1-20,22-36H. The van der Waals surface area contributed by atoms with E-state index in [1.165, 1.54) is 76.3 Å². The van der Waals surface area contributed by atoms with Crippen LogP contribution in [0.25, 0.3) is 127 Å². The third kappa shape index (κ3) is 4.86. The molecule has 12 aromatic rings. The van der Waals surface area contributed by atoms with Crippen molar-refractivity contribution < 1.29 is 4.42 Å². The molecule has 0 spiro atoms. The summed E-state index contributed by atoms with van der Waals surface area (Å²) in [5.74, 6) is 0. The van der Waals surface area contributed by atoms with Crippen molar-refractivity contribution in [1.82, 2.24) is 4.57 Å². The zero-order valence-corrected chi connectivity index (χ0v) is 33.1. The number of hydrogen-bond donors (Lipinski definition) is 0. The summed E-state index contributed by atoms with van der Waals surface area (Å²) in [5.41, 5.74) is 14.8. The normalized spacial score (nSPS) is 12.5. The zero-order chi connectivity index (χ0) is 40.0. The Balaban J connectivity index is 1.13. The molecule has 2 aromatic heterocycles. The van der Waals surface area contributed by atoms with E-state index in [2.05, 4.69) is 217 Å². The summed E-state index contributed by atoms with van der Waals surface area (Å²) in [4.78, 5) is 0. The van der Waals surface area contributed by atoms with Gasteiger partial charge in [-0.1, -0.05) is 188 Å². The van der Waals surface area contributed by atoms with Gasteiger partial charge in [0.15, 0.2) is 0 Å². The monoisotopic (exact) mass is 773 g/mol. The summed E-state index contributed by atoms with van der Waals surface area (Å²) in [6, 6.07) is 68.3. The Morgan fingerprint density at radius 1 is 0.393 bits per heavy atom. The summed E-state index contributed by atoms with van der Waals surface area (Å²) in [6.07, 6.45) is 8.41. The lowest BCUT2D eigenvalue weighted by molar-refractivity contribution is 0.670. The number of para-hydroxylation sites is 2. The van der Waals surface area contributed by atoms with E-state index in [-0.39, 0.29) is 0 Å². The molecule has 0 saturated heterocycles. The van der Waals surface area contributed by atoms with E-state index in [1.54, 1.807) is 0 Å². The summed E-state index contributed by atoms with van der Waals surface area (Å²) in [5, 5.41) is 15.3. The number of rotatable bonds is 4. The van der Waals surface area contributed by atoms with E-state index in [1.807, 2.05) is 6.08 Å². The highest BCUT2D eigenvalue weighted by Gasteiger charge is 2.24. The van der Waals surface area contributed by atoms with Crippen LogP contribution in [0.2, 0.25) is 0 Å². The molecule has 0 atom stereocenters. The lowest BCUT2D eigenvalue weighted by atomic mass is 9.85. The maximum atomic E-state index is 7.13. The largest absolute Gasteiger partial charge is 0.455 e. The molecule has 2 nitrogen and oxygen atoms in total. The van der Waals surface area contributed by atoms with E-state index < -0.39 is 0 Å². The number of fused-ring (bicyclic) bond motifs is 10. The summed E-state index contributed by atoms with van der Waals surface area (Å²) in [6.45, 7) is 0. The molecule has 2 heteroatoms. The SMILES string of the molecule is C1=CC=CC=c2c=1c1ccccc1n2-c1c2ccccc2c(-c2cccc3c2oc2cccc(-c4c5ccccc5c(-c5ccccc5)c5ccccc45)c23)c2ccccc12. The van der Waals surface area contributed by atoms with Crippen molar-refractivity contribution in [3.8, 4) is 39.1 Å². The fourth-order valence-electron chi connectivity index (χ4n) is 10.4. The topological polar surface area (TPSA) is 18.1 Å². The van der Waals surface area contributed by atoms with E-state index >= 15 is 0 Å². The van der Waals surface area contributed by atoms with Gasteiger partial charge < -0.3 is 8.98 Å². The van der Waals surface area contributed by atoms with E-state index in [9.17, 15) is 0 Å². The Hall–Kier alpha value is -8.16. The van der Waals surface area contributed by atoms with Gasteiger partial charge in [0.25, 0.3) is 0 Å². The number of aromatic nitrogens is 1. The lowest BCUT2D eigenvalue weighted by Gasteiger charge is -2.19. The van der Waals surface area contributed by atoms with Crippen molar-refractivity contribution in [3.63, 3.8) is 0 Å². The van der Waals surface area contributed by atoms with Gasteiger partial charge in [-0.25, -0.2) is 0 Å². The van der Waals surface area contributed by atoms with Gasteiger partial charge in [0.05, 0.1) is 16.6 Å². The Labute approximate surface area is 351 Å². The number of benzene rings is 10. The van der Waals surface area contributed by atoms with Gasteiger partial charge in [-0.15, -0.1) is 5.73 Å². The predicted octanol–water partition coefficient (Wildman–Crippen LogP) is 14.4. The summed E-state index contributed by atoms with van der Waals surface area (Å²) >= 11 is 0. The van der Waals surface area contributed by atoms with E-state index in [4.69, 9.17) is 4.42 Å². The van der Waals surface area contributed by atoms with Crippen molar-refractivity contribution in [2.75, 3.05) is 0 Å². The second-order valence-corrected chi connectivity index (χ2v) is 16.0. The Kier molecular flexibility index (Phi) is 7.30. The molecule has 282 valence electrons. The van der Waals surface area contributed by atoms with Crippen LogP contribution in [0.1, 0.15) is 0 Å². The van der Waals surface area contributed by atoms with Gasteiger partial charge in [0.2, 0.25) is 0 Å². The molecule has 2 heterocycles. The van der Waals surface area contributed by atoms with Gasteiger partial charge in [0, 0.05) is 43.3 Å². The van der Waals surface area contributed by atoms with Crippen LogP contribution in [-0.4, -0.2) is 4.57 Å². The first kappa shape index (κ1) is 33.8. The first-order valence-corrected chi connectivity index (χ1v) is 20.9. The molecule has 0 radical (unpaired) electrons. The first-order chi connectivity index (χ1) is 30.3. The smallest absolute Gasteiger partial charge is 0.143 e. The highest BCUT2D eigenvalue weighted by molar-refractivity contribution is 6.27. The molecule has 0 aliphatic heterocycles. The van der Waals surface area contributed by atoms with Crippen molar-refractivity contribution in [1.29, 1.82) is 0 Å². The van der Waals surface area contributed by atoms with Crippen molar-refractivity contribution >= 4 is 87.7 Å². The molecule has 13 rings (SSSR count). The molecule has 61 heavy (non-hydrogen) atoms. The number of furan rings is 1. The molecule has 0 amide bonds. The maximum Gasteiger partial charge on any atom is 0.143 e. The summed E-state index contributed by atoms with van der Waals surface area (Å²) in [7, 11) is 0. The van der Waals surface area contributed by atoms with E-state index in [0.717, 1.165) is 49.3 Å². The maximum absolute atomic E-state index is 7.13. The van der Waals surface area contributed by atoms with Crippen LogP contribution in [0.15, 0.2) is 211 Å². The van der Waals surface area contributed by atoms with Crippen molar-refractivity contribution in [2.24, 2.45) is 0 Å². The molecular formula is C59H35NO. The molecule has 1 aliphatic rings. The van der Waals surface area contributed by atoms with Gasteiger partial charge in [-0.3, -0.25) is 0 Å². The van der Waals surface area contributed by atoms with Crippen LogP contribution in [0.3, 0.4) is 0 Å².